The number of nitrogens with one attached hydrogen (secondary N) is 1. The van der Waals surface area contributed by atoms with Crippen LogP contribution in [0.4, 0.5) is 13.2 Å². The Balaban J connectivity index is 2.16. The summed E-state index contributed by atoms with van der Waals surface area (Å²) < 4.78 is 44.9. The van der Waals surface area contributed by atoms with Crippen LogP contribution >= 0.6 is 50.7 Å². The van der Waals surface area contributed by atoms with Gasteiger partial charge in [-0.05, 0) is 24.3 Å². The minimum Gasteiger partial charge on any atom is -0.454 e. The average Bonchev–Trinajstić information content (AvgIpc) is 2.97. The Morgan fingerprint density at radius 2 is 1.62 bits per heavy atom. The summed E-state index contributed by atoms with van der Waals surface area (Å²) in [6.07, 6.45) is -4.68. The van der Waals surface area contributed by atoms with Gasteiger partial charge in [0.2, 0.25) is 5.82 Å². The number of benzene rings is 2. The molecule has 0 atom stereocenters. The van der Waals surface area contributed by atoms with Gasteiger partial charge in [-0.3, -0.25) is 0 Å². The van der Waals surface area contributed by atoms with Crippen molar-refractivity contribution in [2.45, 2.75) is 6.18 Å². The third-order valence-corrected chi connectivity index (χ3v) is 4.74. The molecule has 1 N–H and O–H groups in total. The second kappa shape index (κ2) is 6.29. The monoisotopic (exact) mass is 458 g/mol. The van der Waals surface area contributed by atoms with Crippen molar-refractivity contribution in [2.75, 3.05) is 0 Å². The highest BCUT2D eigenvalue weighted by Crippen LogP contribution is 2.46. The van der Waals surface area contributed by atoms with Gasteiger partial charge in [-0.2, -0.15) is 13.2 Å². The smallest absolute Gasteiger partial charge is 0.449 e. The fourth-order valence-corrected chi connectivity index (χ4v) is 2.98. The Labute approximate surface area is 156 Å². The number of rotatable bonds is 2. The number of ether oxygens (including phenoxy) is 1. The summed E-state index contributed by atoms with van der Waals surface area (Å²) in [6.45, 7) is 0. The highest BCUT2D eigenvalue weighted by molar-refractivity contribution is 9.10. The Hall–Kier alpha value is -1.15. The lowest BCUT2D eigenvalue weighted by atomic mass is 10.3. The van der Waals surface area contributed by atoms with Crippen LogP contribution < -0.4 is 4.74 Å². The highest BCUT2D eigenvalue weighted by atomic mass is 79.9. The van der Waals surface area contributed by atoms with E-state index in [1.54, 1.807) is 24.3 Å². The Bertz CT molecular complexity index is 926. The Morgan fingerprint density at radius 1 is 1.00 bits per heavy atom. The first-order chi connectivity index (χ1) is 11.2. The van der Waals surface area contributed by atoms with E-state index < -0.39 is 12.0 Å². The zero-order chi connectivity index (χ0) is 17.6. The average molecular weight is 460 g/mol. The molecule has 0 amide bonds. The van der Waals surface area contributed by atoms with Crippen molar-refractivity contribution in [1.29, 1.82) is 0 Å². The third kappa shape index (κ3) is 3.18. The molecule has 0 saturated heterocycles. The summed E-state index contributed by atoms with van der Waals surface area (Å²) in [4.78, 5) is 5.54. The van der Waals surface area contributed by atoms with Gasteiger partial charge >= 0.3 is 6.18 Å². The lowest BCUT2D eigenvalue weighted by molar-refractivity contribution is -0.144. The minimum atomic E-state index is -4.68. The molecule has 0 aliphatic rings. The van der Waals surface area contributed by atoms with Gasteiger partial charge in [-0.15, -0.1) is 0 Å². The molecular weight excluding hydrogens is 455 g/mol. The minimum absolute atomic E-state index is 0.0709. The number of hydrogen-bond donors (Lipinski definition) is 1. The van der Waals surface area contributed by atoms with E-state index in [0.29, 0.717) is 5.75 Å². The van der Waals surface area contributed by atoms with Crippen LogP contribution in [0, 0.1) is 0 Å². The van der Waals surface area contributed by atoms with E-state index in [2.05, 4.69) is 25.9 Å². The van der Waals surface area contributed by atoms with Crippen molar-refractivity contribution < 1.29 is 17.9 Å². The van der Waals surface area contributed by atoms with E-state index in [1.165, 1.54) is 0 Å². The van der Waals surface area contributed by atoms with Crippen LogP contribution in [-0.4, -0.2) is 9.97 Å². The van der Waals surface area contributed by atoms with E-state index >= 15 is 0 Å². The normalized spacial score (nSPS) is 12.0. The van der Waals surface area contributed by atoms with Gasteiger partial charge < -0.3 is 9.72 Å². The van der Waals surface area contributed by atoms with Crippen LogP contribution in [0.1, 0.15) is 5.82 Å². The van der Waals surface area contributed by atoms with Crippen LogP contribution in [0.2, 0.25) is 15.1 Å². The number of aromatic amines is 1. The predicted octanol–water partition coefficient (Wildman–Crippen LogP) is 7.10. The summed E-state index contributed by atoms with van der Waals surface area (Å²) in [5.74, 6) is -0.916. The van der Waals surface area contributed by atoms with Crippen LogP contribution in [0.25, 0.3) is 11.0 Å². The molecule has 0 radical (unpaired) electrons. The van der Waals surface area contributed by atoms with Crippen LogP contribution in [-0.2, 0) is 6.18 Å². The van der Waals surface area contributed by atoms with Gasteiger partial charge in [0.15, 0.2) is 5.75 Å². The summed E-state index contributed by atoms with van der Waals surface area (Å²) in [6, 6.07) is 6.68. The molecule has 0 spiro atoms. The van der Waals surface area contributed by atoms with Crippen molar-refractivity contribution in [3.8, 4) is 11.5 Å². The first-order valence-corrected chi connectivity index (χ1v) is 8.18. The molecule has 24 heavy (non-hydrogen) atoms. The predicted molar refractivity (Wildman–Crippen MR) is 90.3 cm³/mol. The molecule has 0 bridgehead atoms. The molecule has 0 fully saturated rings. The van der Waals surface area contributed by atoms with Crippen LogP contribution in [0.15, 0.2) is 28.7 Å². The van der Waals surface area contributed by atoms with Crippen LogP contribution in [0.5, 0.6) is 11.5 Å². The number of halogens is 7. The topological polar surface area (TPSA) is 37.9 Å². The molecule has 0 aliphatic carbocycles. The van der Waals surface area contributed by atoms with Gasteiger partial charge in [0, 0.05) is 4.47 Å². The molecule has 3 nitrogen and oxygen atoms in total. The summed E-state index contributed by atoms with van der Waals surface area (Å²) in [5, 5.41) is -0.449. The molecular formula is C14H5BrCl3F3N2O. The number of nitrogens with zero attached hydrogens (tertiary/aromatic N) is 1. The van der Waals surface area contributed by atoms with E-state index in [-0.39, 0.29) is 31.9 Å². The molecule has 0 unspecified atom stereocenters. The molecule has 2 aromatic carbocycles. The number of fused-ring (bicyclic) bond motifs is 1. The summed E-state index contributed by atoms with van der Waals surface area (Å²) >= 11 is 21.6. The van der Waals surface area contributed by atoms with Crippen LogP contribution in [0.3, 0.4) is 0 Å². The van der Waals surface area contributed by atoms with E-state index in [1.807, 2.05) is 0 Å². The maximum absolute atomic E-state index is 12.8. The second-order valence-corrected chi connectivity index (χ2v) is 6.68. The molecule has 0 aliphatic heterocycles. The summed E-state index contributed by atoms with van der Waals surface area (Å²) in [7, 11) is 0. The first kappa shape index (κ1) is 17.7. The number of hydrogen-bond acceptors (Lipinski definition) is 2. The fourth-order valence-electron chi connectivity index (χ4n) is 1.95. The van der Waals surface area contributed by atoms with Gasteiger partial charge in [-0.1, -0.05) is 50.7 Å². The SMILES string of the molecule is FC(F)(F)c1nc2c(Cl)c(Oc3ccc(Br)cc3)c(Cl)c(Cl)c2[nH]1. The number of imidazole rings is 1. The molecule has 3 aromatic rings. The zero-order valence-electron chi connectivity index (χ0n) is 11.3. The van der Waals surface area contributed by atoms with Crippen molar-refractivity contribution in [3.05, 3.63) is 49.6 Å². The molecule has 3 rings (SSSR count). The van der Waals surface area contributed by atoms with E-state index in [4.69, 9.17) is 39.5 Å². The van der Waals surface area contributed by atoms with Gasteiger partial charge in [0.05, 0.1) is 10.5 Å². The van der Waals surface area contributed by atoms with Gasteiger partial charge in [0.25, 0.3) is 0 Å². The van der Waals surface area contributed by atoms with E-state index in [0.717, 1.165) is 4.47 Å². The number of alkyl halides is 3. The van der Waals surface area contributed by atoms with Gasteiger partial charge in [-0.25, -0.2) is 4.98 Å². The van der Waals surface area contributed by atoms with Crippen molar-refractivity contribution in [2.24, 2.45) is 0 Å². The van der Waals surface area contributed by atoms with Crippen molar-refractivity contribution in [3.63, 3.8) is 0 Å². The molecule has 10 heteroatoms. The molecule has 126 valence electrons. The molecule has 1 heterocycles. The third-order valence-electron chi connectivity index (χ3n) is 3.02. The summed E-state index contributed by atoms with van der Waals surface area (Å²) in [5.41, 5.74) is -0.285. The molecule has 0 saturated carbocycles. The zero-order valence-corrected chi connectivity index (χ0v) is 15.2. The quantitative estimate of drug-likeness (QED) is 0.415. The lowest BCUT2D eigenvalue weighted by Crippen LogP contribution is -2.06. The largest absolute Gasteiger partial charge is 0.454 e. The maximum Gasteiger partial charge on any atom is 0.449 e. The maximum atomic E-state index is 12.8. The van der Waals surface area contributed by atoms with E-state index in [9.17, 15) is 13.2 Å². The number of aromatic nitrogens is 2. The highest BCUT2D eigenvalue weighted by Gasteiger charge is 2.36. The van der Waals surface area contributed by atoms with Crippen molar-refractivity contribution >= 4 is 61.8 Å². The Morgan fingerprint density at radius 3 is 2.21 bits per heavy atom. The first-order valence-electron chi connectivity index (χ1n) is 6.25. The number of H-pyrrole nitrogens is 1. The molecule has 1 aromatic heterocycles. The lowest BCUT2D eigenvalue weighted by Gasteiger charge is -2.11. The fraction of sp³-hybridized carbons (Fsp3) is 0.0714. The Kier molecular flexibility index (Phi) is 4.63. The second-order valence-electron chi connectivity index (χ2n) is 4.63. The van der Waals surface area contributed by atoms with Crippen molar-refractivity contribution in [1.82, 2.24) is 9.97 Å². The standard InChI is InChI=1S/C14H5BrCl3F3N2O/c15-5-1-3-6(4-2-5)24-12-8(17)7(16)10-11(9(12)18)23-13(22-10)14(19,20)21/h1-4H,(H,22,23). The van der Waals surface area contributed by atoms with Gasteiger partial charge in [0.1, 0.15) is 21.3 Å².